The summed E-state index contributed by atoms with van der Waals surface area (Å²) in [5.41, 5.74) is 0.374. The highest BCUT2D eigenvalue weighted by atomic mass is 32.3. The Bertz CT molecular complexity index is 174. The number of hydrogen-bond donors (Lipinski definition) is 0. The second-order valence-corrected chi connectivity index (χ2v) is 12.1. The van der Waals surface area contributed by atoms with Gasteiger partial charge in [0.1, 0.15) is 0 Å². The lowest BCUT2D eigenvalue weighted by Gasteiger charge is -2.61. The minimum Gasteiger partial charge on any atom is -0.236 e. The summed E-state index contributed by atoms with van der Waals surface area (Å²) in [6, 6.07) is 0. The second kappa shape index (κ2) is 3.43. The molecular weight excluding hydrogens is 188 g/mol. The van der Waals surface area contributed by atoms with Crippen molar-refractivity contribution in [3.63, 3.8) is 0 Å². The van der Waals surface area contributed by atoms with Crippen LogP contribution in [0.5, 0.6) is 0 Å². The Hall–Kier alpha value is 0.350. The largest absolute Gasteiger partial charge is 0.236 e. The molecule has 0 unspecified atom stereocenters. The van der Waals surface area contributed by atoms with E-state index in [1.807, 2.05) is 0 Å². The molecule has 0 rings (SSSR count). The molecule has 0 amide bonds. The summed E-state index contributed by atoms with van der Waals surface area (Å²) in [6.07, 6.45) is 4.97. The van der Waals surface area contributed by atoms with Gasteiger partial charge in [-0.25, -0.2) is 10.0 Å². The summed E-state index contributed by atoms with van der Waals surface area (Å²) < 4.78 is 0.821. The highest BCUT2D eigenvalue weighted by Gasteiger charge is 2.47. The molecule has 1 heteroatoms. The fourth-order valence-corrected chi connectivity index (χ4v) is 4.59. The SMILES string of the molecule is CC(C)(C)C(C)(C)S(C)(C)C(C)(C)C. The molecule has 0 atom stereocenters. The van der Waals surface area contributed by atoms with Crippen LogP contribution in [0, 0.1) is 5.41 Å². The Morgan fingerprint density at radius 2 is 0.929 bits per heavy atom. The smallest absolute Gasteiger partial charge is 0.000602 e. The molecule has 0 saturated carbocycles. The van der Waals surface area contributed by atoms with Crippen molar-refractivity contribution in [1.29, 1.82) is 0 Å². The van der Waals surface area contributed by atoms with Crippen molar-refractivity contribution in [2.24, 2.45) is 5.41 Å². The Balaban J connectivity index is 5.30. The highest BCUT2D eigenvalue weighted by molar-refractivity contribution is 8.34. The zero-order chi connectivity index (χ0) is 12.0. The summed E-state index contributed by atoms with van der Waals surface area (Å²) in [7, 11) is -0.634. The molecule has 0 fully saturated rings. The van der Waals surface area contributed by atoms with Gasteiger partial charge in [0.25, 0.3) is 0 Å². The van der Waals surface area contributed by atoms with E-state index in [1.54, 1.807) is 0 Å². The predicted molar refractivity (Wildman–Crippen MR) is 72.7 cm³/mol. The maximum atomic E-state index is 2.48. The van der Waals surface area contributed by atoms with Gasteiger partial charge in [-0.2, -0.15) is 0 Å². The first-order chi connectivity index (χ1) is 5.75. The van der Waals surface area contributed by atoms with Gasteiger partial charge in [0.15, 0.2) is 0 Å². The zero-order valence-electron chi connectivity index (χ0n) is 11.9. The Morgan fingerprint density at radius 3 is 1.00 bits per heavy atom. The molecule has 0 aliphatic rings. The van der Waals surface area contributed by atoms with Gasteiger partial charge >= 0.3 is 0 Å². The van der Waals surface area contributed by atoms with Crippen molar-refractivity contribution in [3.8, 4) is 0 Å². The van der Waals surface area contributed by atoms with E-state index >= 15 is 0 Å². The summed E-state index contributed by atoms with van der Waals surface area (Å²) in [5.74, 6) is 0. The first kappa shape index (κ1) is 14.3. The van der Waals surface area contributed by atoms with Crippen molar-refractivity contribution in [1.82, 2.24) is 0 Å². The topological polar surface area (TPSA) is 0 Å². The molecule has 0 aromatic carbocycles. The number of hydrogen-bond acceptors (Lipinski definition) is 0. The van der Waals surface area contributed by atoms with E-state index in [0.29, 0.717) is 14.9 Å². The van der Waals surface area contributed by atoms with Crippen LogP contribution in [0.25, 0.3) is 0 Å². The zero-order valence-corrected chi connectivity index (χ0v) is 12.7. The van der Waals surface area contributed by atoms with Crippen LogP contribution >= 0.6 is 10.0 Å². The third-order valence-electron chi connectivity index (χ3n) is 4.61. The normalized spacial score (nSPS) is 17.0. The lowest BCUT2D eigenvalue weighted by atomic mass is 9.82. The van der Waals surface area contributed by atoms with Crippen LogP contribution in [-0.2, 0) is 0 Å². The van der Waals surface area contributed by atoms with Crippen LogP contribution in [-0.4, -0.2) is 22.0 Å². The fourth-order valence-electron chi connectivity index (χ4n) is 1.53. The molecular formula is C13H30S. The average Bonchev–Trinajstić information content (AvgIpc) is 1.81. The molecule has 0 aliphatic heterocycles. The highest BCUT2D eigenvalue weighted by Crippen LogP contribution is 2.67. The van der Waals surface area contributed by atoms with Gasteiger partial charge in [-0.1, -0.05) is 55.4 Å². The summed E-state index contributed by atoms with van der Waals surface area (Å²) in [4.78, 5) is 0. The van der Waals surface area contributed by atoms with Crippen LogP contribution in [0.1, 0.15) is 55.4 Å². The summed E-state index contributed by atoms with van der Waals surface area (Å²) in [6.45, 7) is 19.1. The Morgan fingerprint density at radius 1 is 0.643 bits per heavy atom. The second-order valence-electron chi connectivity index (χ2n) is 7.20. The van der Waals surface area contributed by atoms with Gasteiger partial charge in [-0.15, -0.1) is 0 Å². The molecule has 0 spiro atoms. The molecule has 14 heavy (non-hydrogen) atoms. The van der Waals surface area contributed by atoms with E-state index in [9.17, 15) is 0 Å². The van der Waals surface area contributed by atoms with Crippen molar-refractivity contribution in [3.05, 3.63) is 0 Å². The van der Waals surface area contributed by atoms with Crippen LogP contribution in [0.15, 0.2) is 0 Å². The third kappa shape index (κ3) is 2.13. The molecule has 0 aliphatic carbocycles. The molecule has 88 valence electrons. The van der Waals surface area contributed by atoms with Crippen LogP contribution in [0.4, 0.5) is 0 Å². The van der Waals surface area contributed by atoms with Crippen LogP contribution in [0.3, 0.4) is 0 Å². The molecule has 0 heterocycles. The first-order valence-electron chi connectivity index (χ1n) is 5.47. The van der Waals surface area contributed by atoms with Crippen LogP contribution < -0.4 is 0 Å². The molecule has 0 aromatic heterocycles. The molecule has 0 N–H and O–H groups in total. The molecule has 0 radical (unpaired) electrons. The van der Waals surface area contributed by atoms with Gasteiger partial charge in [0.2, 0.25) is 0 Å². The van der Waals surface area contributed by atoms with E-state index in [2.05, 4.69) is 67.9 Å². The van der Waals surface area contributed by atoms with E-state index in [4.69, 9.17) is 0 Å². The lowest BCUT2D eigenvalue weighted by Crippen LogP contribution is -2.47. The van der Waals surface area contributed by atoms with E-state index in [-0.39, 0.29) is 0 Å². The maximum Gasteiger partial charge on any atom is -0.000602 e. The Labute approximate surface area is 93.2 Å². The predicted octanol–water partition coefficient (Wildman–Crippen LogP) is 4.67. The minimum absolute atomic E-state index is 0.374. The van der Waals surface area contributed by atoms with E-state index < -0.39 is 10.0 Å². The van der Waals surface area contributed by atoms with Gasteiger partial charge in [0.05, 0.1) is 0 Å². The van der Waals surface area contributed by atoms with Crippen molar-refractivity contribution < 1.29 is 0 Å². The quantitative estimate of drug-likeness (QED) is 0.600. The lowest BCUT2D eigenvalue weighted by molar-refractivity contribution is 0.312. The van der Waals surface area contributed by atoms with Crippen molar-refractivity contribution in [2.45, 2.75) is 64.9 Å². The average molecular weight is 218 g/mol. The Kier molecular flexibility index (Phi) is 3.52. The molecule has 0 saturated heterocycles. The van der Waals surface area contributed by atoms with Gasteiger partial charge < -0.3 is 0 Å². The number of rotatable bonds is 1. The monoisotopic (exact) mass is 218 g/mol. The van der Waals surface area contributed by atoms with E-state index in [0.717, 1.165) is 0 Å². The minimum atomic E-state index is -0.634. The standard InChI is InChI=1S/C13H30S/c1-11(2,3)13(7,8)14(9,10)12(4,5)6/h1-10H3. The van der Waals surface area contributed by atoms with Gasteiger partial charge in [-0.3, -0.25) is 0 Å². The molecule has 0 aromatic rings. The van der Waals surface area contributed by atoms with E-state index in [1.165, 1.54) is 0 Å². The summed E-state index contributed by atoms with van der Waals surface area (Å²) >= 11 is 0. The van der Waals surface area contributed by atoms with Crippen molar-refractivity contribution >= 4 is 10.0 Å². The first-order valence-corrected chi connectivity index (χ1v) is 7.92. The third-order valence-corrected chi connectivity index (χ3v) is 10.8. The summed E-state index contributed by atoms with van der Waals surface area (Å²) in [5, 5.41) is 0. The maximum absolute atomic E-state index is 2.48. The molecule has 0 nitrogen and oxygen atoms in total. The van der Waals surface area contributed by atoms with Gasteiger partial charge in [0, 0.05) is 0 Å². The molecule has 0 bridgehead atoms. The van der Waals surface area contributed by atoms with Gasteiger partial charge in [-0.05, 0) is 27.4 Å². The van der Waals surface area contributed by atoms with Crippen molar-refractivity contribution in [2.75, 3.05) is 12.5 Å². The van der Waals surface area contributed by atoms with Crippen LogP contribution in [0.2, 0.25) is 0 Å². The fraction of sp³-hybridized carbons (Fsp3) is 1.00.